The standard InChI is InChI=1S/C21H34N6O.HI/c1-17(2)14-19(26-10-12-28-13-11-26)15-24-21(22-3)23-8-7-18-16-27-9-5-4-6-20(27)25-18;/h4-6,9,16-17,19H,7-8,10-15H2,1-3H3,(H2,22,23,24);1H. The van der Waals surface area contributed by atoms with Crippen molar-refractivity contribution in [3.63, 3.8) is 0 Å². The number of hydrogen-bond acceptors (Lipinski definition) is 4. The Bertz CT molecular complexity index is 723. The Balaban J connectivity index is 0.00000300. The third-order valence-corrected chi connectivity index (χ3v) is 5.12. The van der Waals surface area contributed by atoms with E-state index in [1.165, 1.54) is 6.42 Å². The van der Waals surface area contributed by atoms with E-state index < -0.39 is 0 Å². The predicted octanol–water partition coefficient (Wildman–Crippen LogP) is 2.41. The second-order valence-corrected chi connectivity index (χ2v) is 7.76. The summed E-state index contributed by atoms with van der Waals surface area (Å²) in [6.07, 6.45) is 6.15. The molecule has 2 N–H and O–H groups in total. The van der Waals surface area contributed by atoms with Gasteiger partial charge in [0.15, 0.2) is 5.96 Å². The molecule has 1 fully saturated rings. The van der Waals surface area contributed by atoms with Gasteiger partial charge in [-0.1, -0.05) is 19.9 Å². The lowest BCUT2D eigenvalue weighted by Gasteiger charge is -2.35. The van der Waals surface area contributed by atoms with Crippen LogP contribution in [-0.4, -0.2) is 72.7 Å². The van der Waals surface area contributed by atoms with Crippen molar-refractivity contribution in [2.75, 3.05) is 46.4 Å². The molecule has 3 rings (SSSR count). The number of rotatable bonds is 8. The Morgan fingerprint density at radius 3 is 2.72 bits per heavy atom. The van der Waals surface area contributed by atoms with Crippen LogP contribution in [0.3, 0.4) is 0 Å². The molecule has 29 heavy (non-hydrogen) atoms. The molecule has 2 aromatic heterocycles. The Morgan fingerprint density at radius 1 is 1.24 bits per heavy atom. The van der Waals surface area contributed by atoms with Crippen LogP contribution in [0.5, 0.6) is 0 Å². The van der Waals surface area contributed by atoms with Crippen LogP contribution < -0.4 is 10.6 Å². The van der Waals surface area contributed by atoms with Gasteiger partial charge in [-0.25, -0.2) is 4.98 Å². The first-order valence-corrected chi connectivity index (χ1v) is 10.3. The molecule has 3 heterocycles. The van der Waals surface area contributed by atoms with Crippen molar-refractivity contribution in [2.24, 2.45) is 10.9 Å². The molecule has 1 atom stereocenters. The molecule has 7 nitrogen and oxygen atoms in total. The molecule has 0 aromatic carbocycles. The SMILES string of the molecule is CN=C(NCCc1cn2ccccc2n1)NCC(CC(C)C)N1CCOCC1.I. The smallest absolute Gasteiger partial charge is 0.191 e. The molecule has 1 unspecified atom stereocenters. The third kappa shape index (κ3) is 7.42. The van der Waals surface area contributed by atoms with Gasteiger partial charge in [0, 0.05) is 58.1 Å². The molecule has 0 spiro atoms. The van der Waals surface area contributed by atoms with Gasteiger partial charge in [0.1, 0.15) is 5.65 Å². The number of halogens is 1. The van der Waals surface area contributed by atoms with E-state index in [4.69, 9.17) is 4.74 Å². The van der Waals surface area contributed by atoms with Gasteiger partial charge in [-0.3, -0.25) is 9.89 Å². The minimum atomic E-state index is 0. The topological polar surface area (TPSA) is 66.2 Å². The molecular weight excluding hydrogens is 479 g/mol. The molecule has 0 aliphatic carbocycles. The second-order valence-electron chi connectivity index (χ2n) is 7.76. The molecule has 8 heteroatoms. The lowest BCUT2D eigenvalue weighted by atomic mass is 10.0. The highest BCUT2D eigenvalue weighted by molar-refractivity contribution is 14.0. The van der Waals surface area contributed by atoms with Crippen LogP contribution in [0.15, 0.2) is 35.6 Å². The van der Waals surface area contributed by atoms with Crippen molar-refractivity contribution in [2.45, 2.75) is 32.7 Å². The normalized spacial score (nSPS) is 16.6. The van der Waals surface area contributed by atoms with E-state index in [9.17, 15) is 0 Å². The van der Waals surface area contributed by atoms with E-state index in [1.807, 2.05) is 31.4 Å². The van der Waals surface area contributed by atoms with Crippen molar-refractivity contribution in [3.8, 4) is 0 Å². The highest BCUT2D eigenvalue weighted by Gasteiger charge is 2.22. The summed E-state index contributed by atoms with van der Waals surface area (Å²) in [5.41, 5.74) is 2.07. The van der Waals surface area contributed by atoms with Gasteiger partial charge < -0.3 is 19.8 Å². The van der Waals surface area contributed by atoms with Crippen molar-refractivity contribution in [1.82, 2.24) is 24.9 Å². The number of nitrogens with zero attached hydrogens (tertiary/aromatic N) is 4. The van der Waals surface area contributed by atoms with Crippen molar-refractivity contribution in [3.05, 3.63) is 36.3 Å². The molecule has 0 bridgehead atoms. The number of aliphatic imine (C=N–C) groups is 1. The second kappa shape index (κ2) is 12.3. The molecule has 1 aliphatic heterocycles. The Kier molecular flexibility index (Phi) is 10.2. The monoisotopic (exact) mass is 514 g/mol. The van der Waals surface area contributed by atoms with E-state index in [-0.39, 0.29) is 24.0 Å². The first-order valence-electron chi connectivity index (χ1n) is 10.3. The number of morpholine rings is 1. The average Bonchev–Trinajstić information content (AvgIpc) is 3.12. The van der Waals surface area contributed by atoms with E-state index in [0.717, 1.165) is 63.1 Å². The van der Waals surface area contributed by atoms with Gasteiger partial charge in [-0.15, -0.1) is 24.0 Å². The molecule has 1 saturated heterocycles. The van der Waals surface area contributed by atoms with Gasteiger partial charge in [0.05, 0.1) is 18.9 Å². The highest BCUT2D eigenvalue weighted by Crippen LogP contribution is 2.13. The summed E-state index contributed by atoms with van der Waals surface area (Å²) >= 11 is 0. The summed E-state index contributed by atoms with van der Waals surface area (Å²) in [6.45, 7) is 9.96. The zero-order valence-electron chi connectivity index (χ0n) is 17.8. The molecule has 0 amide bonds. The van der Waals surface area contributed by atoms with E-state index >= 15 is 0 Å². The first kappa shape index (κ1) is 23.9. The number of ether oxygens (including phenoxy) is 1. The van der Waals surface area contributed by atoms with Gasteiger partial charge in [-0.05, 0) is 24.5 Å². The number of aromatic nitrogens is 2. The van der Waals surface area contributed by atoms with Crippen molar-refractivity contribution in [1.29, 1.82) is 0 Å². The van der Waals surface area contributed by atoms with E-state index in [1.54, 1.807) is 0 Å². The molecule has 162 valence electrons. The van der Waals surface area contributed by atoms with Crippen LogP contribution in [0.2, 0.25) is 0 Å². The summed E-state index contributed by atoms with van der Waals surface area (Å²) in [6, 6.07) is 6.56. The fourth-order valence-electron chi connectivity index (χ4n) is 3.70. The quantitative estimate of drug-likeness (QED) is 0.322. The average molecular weight is 514 g/mol. The number of fused-ring (bicyclic) bond motifs is 1. The lowest BCUT2D eigenvalue weighted by molar-refractivity contribution is 0.0132. The summed E-state index contributed by atoms with van der Waals surface area (Å²) in [7, 11) is 1.83. The maximum Gasteiger partial charge on any atom is 0.191 e. The van der Waals surface area contributed by atoms with Gasteiger partial charge in [0.2, 0.25) is 0 Å². The first-order chi connectivity index (χ1) is 13.7. The minimum absolute atomic E-state index is 0. The van der Waals surface area contributed by atoms with Gasteiger partial charge in [0.25, 0.3) is 0 Å². The predicted molar refractivity (Wildman–Crippen MR) is 129 cm³/mol. The number of imidazole rings is 1. The van der Waals surface area contributed by atoms with Crippen molar-refractivity contribution < 1.29 is 4.74 Å². The number of pyridine rings is 1. The van der Waals surface area contributed by atoms with Crippen LogP contribution in [0.4, 0.5) is 0 Å². The van der Waals surface area contributed by atoms with Crippen molar-refractivity contribution >= 4 is 35.6 Å². The van der Waals surface area contributed by atoms with Gasteiger partial charge in [-0.2, -0.15) is 0 Å². The number of guanidine groups is 1. The fourth-order valence-corrected chi connectivity index (χ4v) is 3.70. The molecular formula is C21H35IN6O. The minimum Gasteiger partial charge on any atom is -0.379 e. The molecule has 0 radical (unpaired) electrons. The number of nitrogens with one attached hydrogen (secondary N) is 2. The van der Waals surface area contributed by atoms with Gasteiger partial charge >= 0.3 is 0 Å². The molecule has 0 saturated carbocycles. The molecule has 1 aliphatic rings. The van der Waals surface area contributed by atoms with Crippen LogP contribution in [0, 0.1) is 5.92 Å². The summed E-state index contributed by atoms with van der Waals surface area (Å²) < 4.78 is 7.57. The largest absolute Gasteiger partial charge is 0.379 e. The van der Waals surface area contributed by atoms with Crippen LogP contribution in [0.1, 0.15) is 26.0 Å². The van der Waals surface area contributed by atoms with Crippen LogP contribution in [-0.2, 0) is 11.2 Å². The summed E-state index contributed by atoms with van der Waals surface area (Å²) in [5, 5.41) is 6.94. The van der Waals surface area contributed by atoms with E-state index in [2.05, 4.69) is 50.0 Å². The molecule has 2 aromatic rings. The summed E-state index contributed by atoms with van der Waals surface area (Å²) in [4.78, 5) is 11.6. The highest BCUT2D eigenvalue weighted by atomic mass is 127. The number of hydrogen-bond donors (Lipinski definition) is 2. The third-order valence-electron chi connectivity index (χ3n) is 5.12. The Morgan fingerprint density at radius 2 is 2.03 bits per heavy atom. The Labute approximate surface area is 191 Å². The fraction of sp³-hybridized carbons (Fsp3) is 0.619. The van der Waals surface area contributed by atoms with Crippen LogP contribution >= 0.6 is 24.0 Å². The Hall–Kier alpha value is -1.39. The lowest BCUT2D eigenvalue weighted by Crippen LogP contribution is -2.51. The summed E-state index contributed by atoms with van der Waals surface area (Å²) in [5.74, 6) is 1.52. The zero-order valence-corrected chi connectivity index (χ0v) is 20.1. The maximum atomic E-state index is 5.51. The maximum absolute atomic E-state index is 5.51. The zero-order chi connectivity index (χ0) is 19.8. The van der Waals surface area contributed by atoms with E-state index in [0.29, 0.717) is 12.0 Å². The van der Waals surface area contributed by atoms with Crippen LogP contribution in [0.25, 0.3) is 5.65 Å².